The lowest BCUT2D eigenvalue weighted by molar-refractivity contribution is 0.409. The fourth-order valence-corrected chi connectivity index (χ4v) is 2.36. The number of ether oxygens (including phenoxy) is 1. The van der Waals surface area contributed by atoms with Gasteiger partial charge in [0.05, 0.1) is 18.8 Å². The van der Waals surface area contributed by atoms with Crippen molar-refractivity contribution >= 4 is 16.7 Å². The Balaban J connectivity index is 1.96. The number of hydrogen-bond donors (Lipinski definition) is 0. The molecular formula is C16H16N4O. The maximum absolute atomic E-state index is 5.40. The van der Waals surface area contributed by atoms with Gasteiger partial charge in [-0.2, -0.15) is 0 Å². The Labute approximate surface area is 123 Å². The summed E-state index contributed by atoms with van der Waals surface area (Å²) in [6.07, 6.45) is 5.07. The molecule has 0 saturated heterocycles. The average molecular weight is 280 g/mol. The van der Waals surface area contributed by atoms with Crippen LogP contribution in [0.25, 0.3) is 10.9 Å². The van der Waals surface area contributed by atoms with Gasteiger partial charge >= 0.3 is 0 Å². The van der Waals surface area contributed by atoms with E-state index in [0.29, 0.717) is 6.54 Å². The minimum absolute atomic E-state index is 0.707. The predicted molar refractivity (Wildman–Crippen MR) is 82.4 cm³/mol. The maximum atomic E-state index is 5.40. The van der Waals surface area contributed by atoms with Gasteiger partial charge in [-0.25, -0.2) is 9.97 Å². The molecule has 0 radical (unpaired) electrons. The molecule has 3 aromatic rings. The summed E-state index contributed by atoms with van der Waals surface area (Å²) in [4.78, 5) is 14.8. The molecule has 3 rings (SSSR count). The van der Waals surface area contributed by atoms with Crippen LogP contribution < -0.4 is 9.64 Å². The van der Waals surface area contributed by atoms with Crippen molar-refractivity contribution in [1.29, 1.82) is 0 Å². The van der Waals surface area contributed by atoms with Gasteiger partial charge in [-0.1, -0.05) is 18.2 Å². The molecule has 0 unspecified atom stereocenters. The summed E-state index contributed by atoms with van der Waals surface area (Å²) in [7, 11) is 3.69. The number of fused-ring (bicyclic) bond motifs is 1. The summed E-state index contributed by atoms with van der Waals surface area (Å²) in [5.74, 6) is 1.76. The molecule has 0 aliphatic carbocycles. The average Bonchev–Trinajstić information content (AvgIpc) is 2.54. The fraction of sp³-hybridized carbons (Fsp3) is 0.188. The van der Waals surface area contributed by atoms with Crippen LogP contribution in [0.15, 0.2) is 49.1 Å². The number of benzene rings is 1. The maximum Gasteiger partial charge on any atom is 0.140 e. The molecule has 1 aromatic carbocycles. The van der Waals surface area contributed by atoms with E-state index >= 15 is 0 Å². The third-order valence-electron chi connectivity index (χ3n) is 3.38. The van der Waals surface area contributed by atoms with E-state index < -0.39 is 0 Å². The quantitative estimate of drug-likeness (QED) is 0.735. The van der Waals surface area contributed by atoms with Gasteiger partial charge in [-0.05, 0) is 12.1 Å². The third kappa shape index (κ3) is 2.63. The van der Waals surface area contributed by atoms with E-state index in [-0.39, 0.29) is 0 Å². The molecule has 21 heavy (non-hydrogen) atoms. The first-order chi connectivity index (χ1) is 10.3. The van der Waals surface area contributed by atoms with E-state index in [1.807, 2.05) is 31.3 Å². The highest BCUT2D eigenvalue weighted by atomic mass is 16.5. The Morgan fingerprint density at radius 3 is 2.86 bits per heavy atom. The number of rotatable bonds is 4. The molecule has 0 spiro atoms. The molecule has 2 heterocycles. The van der Waals surface area contributed by atoms with Crippen molar-refractivity contribution in [2.24, 2.45) is 0 Å². The molecule has 0 N–H and O–H groups in total. The highest BCUT2D eigenvalue weighted by Crippen LogP contribution is 2.25. The first kappa shape index (κ1) is 13.3. The van der Waals surface area contributed by atoms with Crippen LogP contribution in [0.5, 0.6) is 5.75 Å². The second-order valence-corrected chi connectivity index (χ2v) is 4.76. The lowest BCUT2D eigenvalue weighted by atomic mass is 10.2. The zero-order chi connectivity index (χ0) is 14.7. The Morgan fingerprint density at radius 2 is 2.00 bits per heavy atom. The van der Waals surface area contributed by atoms with Crippen LogP contribution in [0.4, 0.5) is 5.82 Å². The topological polar surface area (TPSA) is 51.1 Å². The van der Waals surface area contributed by atoms with Gasteiger partial charge in [-0.15, -0.1) is 0 Å². The van der Waals surface area contributed by atoms with Crippen molar-refractivity contribution in [3.8, 4) is 5.75 Å². The van der Waals surface area contributed by atoms with Crippen LogP contribution in [0.3, 0.4) is 0 Å². The molecule has 2 aromatic heterocycles. The number of para-hydroxylation sites is 1. The molecule has 0 atom stereocenters. The largest absolute Gasteiger partial charge is 0.496 e. The van der Waals surface area contributed by atoms with Crippen molar-refractivity contribution in [3.63, 3.8) is 0 Å². The lowest BCUT2D eigenvalue weighted by Crippen LogP contribution is -2.18. The summed E-state index contributed by atoms with van der Waals surface area (Å²) >= 11 is 0. The zero-order valence-electron chi connectivity index (χ0n) is 12.0. The number of hydrogen-bond acceptors (Lipinski definition) is 5. The Kier molecular flexibility index (Phi) is 3.64. The number of aromatic nitrogens is 3. The zero-order valence-corrected chi connectivity index (χ0v) is 12.0. The third-order valence-corrected chi connectivity index (χ3v) is 3.38. The van der Waals surface area contributed by atoms with E-state index in [9.17, 15) is 0 Å². The minimum atomic E-state index is 0.707. The van der Waals surface area contributed by atoms with E-state index in [4.69, 9.17) is 4.74 Å². The second-order valence-electron chi connectivity index (χ2n) is 4.76. The van der Waals surface area contributed by atoms with Crippen LogP contribution >= 0.6 is 0 Å². The lowest BCUT2D eigenvalue weighted by Gasteiger charge is -2.20. The van der Waals surface area contributed by atoms with E-state index in [0.717, 1.165) is 28.0 Å². The van der Waals surface area contributed by atoms with Gasteiger partial charge in [0.1, 0.15) is 17.9 Å². The molecule has 0 bridgehead atoms. The number of anilines is 1. The van der Waals surface area contributed by atoms with Crippen LogP contribution in [0.1, 0.15) is 5.56 Å². The first-order valence-electron chi connectivity index (χ1n) is 6.67. The second kappa shape index (κ2) is 5.75. The minimum Gasteiger partial charge on any atom is -0.496 e. The Bertz CT molecular complexity index is 755. The number of nitrogens with zero attached hydrogens (tertiary/aromatic N) is 4. The molecule has 0 fully saturated rings. The van der Waals surface area contributed by atoms with Crippen molar-refractivity contribution in [3.05, 3.63) is 54.6 Å². The molecule has 5 nitrogen and oxygen atoms in total. The first-order valence-corrected chi connectivity index (χ1v) is 6.67. The summed E-state index contributed by atoms with van der Waals surface area (Å²) < 4.78 is 5.40. The van der Waals surface area contributed by atoms with E-state index in [1.165, 1.54) is 0 Å². The number of methoxy groups -OCH3 is 1. The highest BCUT2D eigenvalue weighted by molar-refractivity contribution is 5.88. The van der Waals surface area contributed by atoms with Gasteiger partial charge in [0.2, 0.25) is 0 Å². The normalized spacial score (nSPS) is 10.6. The predicted octanol–water partition coefficient (Wildman–Crippen LogP) is 2.67. The van der Waals surface area contributed by atoms with Gasteiger partial charge in [0.15, 0.2) is 0 Å². The van der Waals surface area contributed by atoms with Gasteiger partial charge in [-0.3, -0.25) is 4.98 Å². The van der Waals surface area contributed by atoms with Gasteiger partial charge in [0, 0.05) is 30.7 Å². The van der Waals surface area contributed by atoms with Crippen LogP contribution in [0, 0.1) is 0 Å². The summed E-state index contributed by atoms with van der Waals surface area (Å²) in [5, 5.41) is 0.991. The molecule has 106 valence electrons. The molecule has 0 saturated carbocycles. The smallest absolute Gasteiger partial charge is 0.140 e. The van der Waals surface area contributed by atoms with E-state index in [1.54, 1.807) is 25.8 Å². The van der Waals surface area contributed by atoms with Crippen molar-refractivity contribution in [2.45, 2.75) is 6.54 Å². The molecule has 0 aliphatic heterocycles. The highest BCUT2D eigenvalue weighted by Gasteiger charge is 2.11. The van der Waals surface area contributed by atoms with Crippen molar-refractivity contribution < 1.29 is 4.74 Å². The monoisotopic (exact) mass is 280 g/mol. The van der Waals surface area contributed by atoms with Gasteiger partial charge < -0.3 is 9.64 Å². The number of pyridine rings is 1. The molecule has 5 heteroatoms. The molecule has 0 amide bonds. The molecule has 0 aliphatic rings. The van der Waals surface area contributed by atoms with Crippen LogP contribution in [0.2, 0.25) is 0 Å². The molecular weight excluding hydrogens is 264 g/mol. The van der Waals surface area contributed by atoms with Crippen LogP contribution in [-0.4, -0.2) is 29.1 Å². The Morgan fingerprint density at radius 1 is 1.14 bits per heavy atom. The van der Waals surface area contributed by atoms with E-state index in [2.05, 4.69) is 25.9 Å². The summed E-state index contributed by atoms with van der Waals surface area (Å²) in [6, 6.07) is 9.93. The van der Waals surface area contributed by atoms with Crippen molar-refractivity contribution in [2.75, 3.05) is 19.1 Å². The van der Waals surface area contributed by atoms with Gasteiger partial charge in [0.25, 0.3) is 0 Å². The SMILES string of the molecule is COc1ccccc1CN(C)c1ncnc2cnccc12. The standard InChI is InChI=1S/C16H16N4O/c1-20(10-12-5-3-4-6-15(12)21-2)16-13-7-8-17-9-14(13)18-11-19-16/h3-9,11H,10H2,1-2H3. The summed E-state index contributed by atoms with van der Waals surface area (Å²) in [5.41, 5.74) is 1.96. The fourth-order valence-electron chi connectivity index (χ4n) is 2.36. The summed E-state index contributed by atoms with van der Waals surface area (Å²) in [6.45, 7) is 0.707. The van der Waals surface area contributed by atoms with Crippen molar-refractivity contribution in [1.82, 2.24) is 15.0 Å². The Hall–Kier alpha value is -2.69. The van der Waals surface area contributed by atoms with Crippen LogP contribution in [-0.2, 0) is 6.54 Å².